The number of nitrogens with one attached hydrogen (secondary N) is 1. The molecule has 10 heteroatoms. The molecule has 3 aromatic rings. The molecule has 2 aromatic carbocycles. The number of amides is 2. The molecule has 1 aliphatic rings. The molecule has 0 atom stereocenters. The van der Waals surface area contributed by atoms with Crippen LogP contribution in [0.4, 0.5) is 5.69 Å². The Morgan fingerprint density at radius 2 is 1.83 bits per heavy atom. The minimum Gasteiger partial charge on any atom is -0.486 e. The number of aromatic nitrogens is 3. The first-order valence-electron chi connectivity index (χ1n) is 11.5. The van der Waals surface area contributed by atoms with E-state index in [9.17, 15) is 9.59 Å². The number of fused-ring (bicyclic) bond motifs is 1. The Hall–Kier alpha value is -3.53. The number of anilines is 1. The van der Waals surface area contributed by atoms with Gasteiger partial charge in [-0.25, -0.2) is 0 Å². The number of ether oxygens (including phenoxy) is 2. The van der Waals surface area contributed by atoms with Crippen LogP contribution < -0.4 is 14.8 Å². The van der Waals surface area contributed by atoms with Gasteiger partial charge < -0.3 is 19.7 Å². The van der Waals surface area contributed by atoms with Gasteiger partial charge in [-0.05, 0) is 57.0 Å². The molecule has 184 valence electrons. The first-order chi connectivity index (χ1) is 16.9. The maximum Gasteiger partial charge on any atom is 0.243 e. The van der Waals surface area contributed by atoms with Crippen molar-refractivity contribution in [2.45, 2.75) is 32.9 Å². The van der Waals surface area contributed by atoms with Crippen LogP contribution in [0.15, 0.2) is 41.6 Å². The van der Waals surface area contributed by atoms with Gasteiger partial charge in [0.15, 0.2) is 16.7 Å². The SMILES string of the molecule is CCN(CC(=O)Nc1ccc2c(c1)OCCO2)C(=O)CSc1nnc(C)n1-c1cc(C)ccc1C. The van der Waals surface area contributed by atoms with Gasteiger partial charge in [0, 0.05) is 18.3 Å². The smallest absolute Gasteiger partial charge is 0.243 e. The van der Waals surface area contributed by atoms with Gasteiger partial charge in [0.05, 0.1) is 18.0 Å². The summed E-state index contributed by atoms with van der Waals surface area (Å²) in [5, 5.41) is 12.0. The van der Waals surface area contributed by atoms with Crippen LogP contribution in [0.1, 0.15) is 23.9 Å². The molecule has 1 aromatic heterocycles. The van der Waals surface area contributed by atoms with Gasteiger partial charge in [0.25, 0.3) is 0 Å². The van der Waals surface area contributed by atoms with Crippen molar-refractivity contribution in [2.75, 3.05) is 37.4 Å². The second kappa shape index (κ2) is 10.8. The van der Waals surface area contributed by atoms with Crippen molar-refractivity contribution in [1.82, 2.24) is 19.7 Å². The molecule has 2 amide bonds. The van der Waals surface area contributed by atoms with Crippen LogP contribution in [0.2, 0.25) is 0 Å². The number of carbonyl (C=O) groups is 2. The molecule has 0 spiro atoms. The number of benzene rings is 2. The molecule has 0 aliphatic carbocycles. The Kier molecular flexibility index (Phi) is 7.60. The zero-order chi connectivity index (χ0) is 24.9. The largest absolute Gasteiger partial charge is 0.486 e. The van der Waals surface area contributed by atoms with Crippen LogP contribution in [0.5, 0.6) is 11.5 Å². The van der Waals surface area contributed by atoms with E-state index in [1.54, 1.807) is 18.2 Å². The molecule has 0 fully saturated rings. The zero-order valence-corrected chi connectivity index (χ0v) is 21.1. The van der Waals surface area contributed by atoms with Crippen molar-refractivity contribution < 1.29 is 19.1 Å². The van der Waals surface area contributed by atoms with Crippen molar-refractivity contribution in [2.24, 2.45) is 0 Å². The molecule has 1 N–H and O–H groups in total. The monoisotopic (exact) mass is 495 g/mol. The Labute approximate surface area is 208 Å². The van der Waals surface area contributed by atoms with E-state index in [2.05, 4.69) is 33.7 Å². The van der Waals surface area contributed by atoms with Crippen molar-refractivity contribution in [1.29, 1.82) is 0 Å². The minimum absolute atomic E-state index is 0.0486. The number of nitrogens with zero attached hydrogens (tertiary/aromatic N) is 4. The summed E-state index contributed by atoms with van der Waals surface area (Å²) in [6.45, 7) is 9.15. The predicted molar refractivity (Wildman–Crippen MR) is 135 cm³/mol. The van der Waals surface area contributed by atoms with Crippen molar-refractivity contribution >= 4 is 29.3 Å². The molecule has 0 saturated carbocycles. The highest BCUT2D eigenvalue weighted by Gasteiger charge is 2.20. The van der Waals surface area contributed by atoms with Crippen LogP contribution in [0.25, 0.3) is 5.69 Å². The summed E-state index contributed by atoms with van der Waals surface area (Å²) in [6, 6.07) is 11.4. The van der Waals surface area contributed by atoms with E-state index in [0.717, 1.165) is 22.6 Å². The van der Waals surface area contributed by atoms with Crippen LogP contribution in [0, 0.1) is 20.8 Å². The van der Waals surface area contributed by atoms with Gasteiger partial charge in [-0.1, -0.05) is 23.9 Å². The lowest BCUT2D eigenvalue weighted by molar-refractivity contribution is -0.132. The van der Waals surface area contributed by atoms with E-state index in [0.29, 0.717) is 42.1 Å². The first kappa shape index (κ1) is 24.6. The summed E-state index contributed by atoms with van der Waals surface area (Å²) >= 11 is 1.31. The number of hydrogen-bond acceptors (Lipinski definition) is 7. The Morgan fingerprint density at radius 1 is 1.06 bits per heavy atom. The molecule has 0 bridgehead atoms. The highest BCUT2D eigenvalue weighted by Crippen LogP contribution is 2.32. The molecular weight excluding hydrogens is 466 g/mol. The average molecular weight is 496 g/mol. The summed E-state index contributed by atoms with van der Waals surface area (Å²) in [7, 11) is 0. The zero-order valence-electron chi connectivity index (χ0n) is 20.3. The van der Waals surface area contributed by atoms with Gasteiger partial charge in [-0.15, -0.1) is 10.2 Å². The number of rotatable bonds is 8. The third-order valence-electron chi connectivity index (χ3n) is 5.62. The van der Waals surface area contributed by atoms with Gasteiger partial charge in [0.1, 0.15) is 19.0 Å². The predicted octanol–water partition coefficient (Wildman–Crippen LogP) is 3.54. The standard InChI is InChI=1S/C25H29N5O4S/c1-5-29(14-23(31)26-19-8-9-21-22(13-19)34-11-10-33-21)24(32)15-35-25-28-27-18(4)30(25)20-12-16(2)6-7-17(20)3/h6-9,12-13H,5,10-11,14-15H2,1-4H3,(H,26,31). The molecule has 0 unspecified atom stereocenters. The van der Waals surface area contributed by atoms with Crippen molar-refractivity contribution in [3.05, 3.63) is 53.3 Å². The van der Waals surface area contributed by atoms with Crippen molar-refractivity contribution in [3.63, 3.8) is 0 Å². The van der Waals surface area contributed by atoms with Gasteiger partial charge in [-0.3, -0.25) is 14.2 Å². The average Bonchev–Trinajstić information content (AvgIpc) is 3.22. The van der Waals surface area contributed by atoms with Crippen molar-refractivity contribution in [3.8, 4) is 17.2 Å². The molecule has 0 radical (unpaired) electrons. The lowest BCUT2D eigenvalue weighted by Crippen LogP contribution is -2.38. The quantitative estimate of drug-likeness (QED) is 0.477. The van der Waals surface area contributed by atoms with E-state index in [4.69, 9.17) is 9.47 Å². The van der Waals surface area contributed by atoms with Crippen LogP contribution in [-0.2, 0) is 9.59 Å². The highest BCUT2D eigenvalue weighted by molar-refractivity contribution is 7.99. The number of aryl methyl sites for hydroxylation is 3. The van der Waals surface area contributed by atoms with E-state index in [1.165, 1.54) is 16.7 Å². The highest BCUT2D eigenvalue weighted by atomic mass is 32.2. The Bertz CT molecular complexity index is 1240. The molecule has 9 nitrogen and oxygen atoms in total. The van der Waals surface area contributed by atoms with Gasteiger partial charge in [-0.2, -0.15) is 0 Å². The number of hydrogen-bond donors (Lipinski definition) is 1. The molecule has 0 saturated heterocycles. The lowest BCUT2D eigenvalue weighted by atomic mass is 10.1. The maximum absolute atomic E-state index is 12.9. The lowest BCUT2D eigenvalue weighted by Gasteiger charge is -2.21. The molecular formula is C25H29N5O4S. The summed E-state index contributed by atoms with van der Waals surface area (Å²) in [5.41, 5.74) is 3.81. The van der Waals surface area contributed by atoms with E-state index in [1.807, 2.05) is 32.3 Å². The fraction of sp³-hybridized carbons (Fsp3) is 0.360. The molecule has 1 aliphatic heterocycles. The third kappa shape index (κ3) is 5.76. The normalized spacial score (nSPS) is 12.3. The fourth-order valence-electron chi connectivity index (χ4n) is 3.76. The van der Waals surface area contributed by atoms with Crippen LogP contribution >= 0.6 is 11.8 Å². The summed E-state index contributed by atoms with van der Waals surface area (Å²) in [5.74, 6) is 1.71. The summed E-state index contributed by atoms with van der Waals surface area (Å²) < 4.78 is 13.0. The van der Waals surface area contributed by atoms with Crippen LogP contribution in [0.3, 0.4) is 0 Å². The topological polar surface area (TPSA) is 98.6 Å². The van der Waals surface area contributed by atoms with E-state index in [-0.39, 0.29) is 24.1 Å². The van der Waals surface area contributed by atoms with Gasteiger partial charge >= 0.3 is 0 Å². The van der Waals surface area contributed by atoms with Gasteiger partial charge in [0.2, 0.25) is 11.8 Å². The summed E-state index contributed by atoms with van der Waals surface area (Å²) in [6.07, 6.45) is 0. The maximum atomic E-state index is 12.9. The third-order valence-corrected chi connectivity index (χ3v) is 6.53. The molecule has 4 rings (SSSR count). The minimum atomic E-state index is -0.281. The van der Waals surface area contributed by atoms with Crippen LogP contribution in [-0.4, -0.2) is 63.5 Å². The Morgan fingerprint density at radius 3 is 2.60 bits per heavy atom. The number of likely N-dealkylation sites (N-methyl/N-ethyl adjacent to an activating group) is 1. The second-order valence-electron chi connectivity index (χ2n) is 8.26. The second-order valence-corrected chi connectivity index (χ2v) is 9.20. The van der Waals surface area contributed by atoms with E-state index >= 15 is 0 Å². The number of thioether (sulfide) groups is 1. The summed E-state index contributed by atoms with van der Waals surface area (Å²) in [4.78, 5) is 27.1. The van der Waals surface area contributed by atoms with E-state index < -0.39 is 0 Å². The fourth-order valence-corrected chi connectivity index (χ4v) is 4.66. The molecule has 35 heavy (non-hydrogen) atoms. The Balaban J connectivity index is 1.38. The number of carbonyl (C=O) groups excluding carboxylic acids is 2. The first-order valence-corrected chi connectivity index (χ1v) is 12.4. The molecule has 2 heterocycles.